The van der Waals surface area contributed by atoms with E-state index < -0.39 is 17.0 Å². The molecule has 1 aromatic rings. The zero-order valence-electron chi connectivity index (χ0n) is 7.91. The van der Waals surface area contributed by atoms with Crippen molar-refractivity contribution < 1.29 is 17.4 Å². The summed E-state index contributed by atoms with van der Waals surface area (Å²) >= 11 is 0. The highest BCUT2D eigenvalue weighted by molar-refractivity contribution is 7.88. The van der Waals surface area contributed by atoms with Crippen molar-refractivity contribution in [1.29, 1.82) is 0 Å². The number of hydrogen-bond acceptors (Lipinski definition) is 1. The van der Waals surface area contributed by atoms with Crippen molar-refractivity contribution >= 4 is 10.8 Å². The van der Waals surface area contributed by atoms with E-state index in [1.54, 1.807) is 24.3 Å². The lowest BCUT2D eigenvalue weighted by Gasteiger charge is -1.99. The fourth-order valence-electron chi connectivity index (χ4n) is 0.890. The Bertz CT molecular complexity index is 379. The molecule has 0 bridgehead atoms. The molecule has 0 fully saturated rings. The molecule has 1 aromatic carbocycles. The van der Waals surface area contributed by atoms with Crippen LogP contribution in [0.2, 0.25) is 0 Å². The van der Waals surface area contributed by atoms with Gasteiger partial charge in [0.1, 0.15) is 0 Å². The standard InChI is InChI=1S/C10H9F3OS/c1-8-2-4-9(5-3-8)15(14)7-6-10(11,12)13/h2-7H,1H3/b7-6-/t15-/m1/s1. The quantitative estimate of drug-likeness (QED) is 0.768. The van der Waals surface area contributed by atoms with Crippen LogP contribution in [0.15, 0.2) is 40.6 Å². The lowest BCUT2D eigenvalue weighted by Crippen LogP contribution is -2.01. The second kappa shape index (κ2) is 4.61. The van der Waals surface area contributed by atoms with Crippen LogP contribution in [0.1, 0.15) is 5.56 Å². The van der Waals surface area contributed by atoms with E-state index in [2.05, 4.69) is 0 Å². The van der Waals surface area contributed by atoms with Crippen molar-refractivity contribution in [1.82, 2.24) is 0 Å². The molecule has 0 saturated carbocycles. The summed E-state index contributed by atoms with van der Waals surface area (Å²) in [6.07, 6.45) is -4.43. The summed E-state index contributed by atoms with van der Waals surface area (Å²) in [5.41, 5.74) is 0.968. The molecule has 0 N–H and O–H groups in total. The second-order valence-electron chi connectivity index (χ2n) is 2.95. The number of rotatable bonds is 2. The van der Waals surface area contributed by atoms with E-state index in [0.29, 0.717) is 10.3 Å². The zero-order chi connectivity index (χ0) is 11.5. The summed E-state index contributed by atoms with van der Waals surface area (Å²) < 4.78 is 46.7. The molecule has 1 nitrogen and oxygen atoms in total. The number of allylic oxidation sites excluding steroid dienone is 1. The summed E-state index contributed by atoms with van der Waals surface area (Å²) in [5, 5.41) is 0.644. The average Bonchev–Trinajstić information content (AvgIpc) is 2.14. The molecule has 0 aromatic heterocycles. The first-order chi connectivity index (χ1) is 6.88. The third-order valence-electron chi connectivity index (χ3n) is 1.63. The van der Waals surface area contributed by atoms with Gasteiger partial charge in [0.15, 0.2) is 0 Å². The van der Waals surface area contributed by atoms with Crippen LogP contribution in [0.5, 0.6) is 0 Å². The first-order valence-corrected chi connectivity index (χ1v) is 5.33. The van der Waals surface area contributed by atoms with Crippen molar-refractivity contribution in [2.45, 2.75) is 18.0 Å². The molecule has 0 spiro atoms. The number of halogens is 3. The Morgan fingerprint density at radius 2 is 1.73 bits per heavy atom. The molecule has 0 saturated heterocycles. The molecule has 0 radical (unpaired) electrons. The molecule has 82 valence electrons. The van der Waals surface area contributed by atoms with Gasteiger partial charge >= 0.3 is 6.18 Å². The van der Waals surface area contributed by atoms with E-state index in [0.717, 1.165) is 5.56 Å². The van der Waals surface area contributed by atoms with Crippen molar-refractivity contribution in [3.8, 4) is 0 Å². The van der Waals surface area contributed by atoms with Gasteiger partial charge in [-0.3, -0.25) is 0 Å². The van der Waals surface area contributed by atoms with Crippen LogP contribution in [0.25, 0.3) is 0 Å². The summed E-state index contributed by atoms with van der Waals surface area (Å²) in [6.45, 7) is 1.85. The molecule has 0 aliphatic heterocycles. The highest BCUT2D eigenvalue weighted by Gasteiger charge is 2.22. The summed E-state index contributed by atoms with van der Waals surface area (Å²) in [4.78, 5) is 0.362. The normalized spacial score (nSPS) is 14.4. The Morgan fingerprint density at radius 1 is 1.20 bits per heavy atom. The van der Waals surface area contributed by atoms with E-state index in [4.69, 9.17) is 0 Å². The first kappa shape index (κ1) is 12.0. The van der Waals surface area contributed by atoms with Gasteiger partial charge in [0.25, 0.3) is 0 Å². The minimum absolute atomic E-state index is 0.0109. The fraction of sp³-hybridized carbons (Fsp3) is 0.200. The number of alkyl halides is 3. The Kier molecular flexibility index (Phi) is 3.68. The smallest absolute Gasteiger partial charge is 0.250 e. The number of benzene rings is 1. The second-order valence-corrected chi connectivity index (χ2v) is 4.29. The first-order valence-electron chi connectivity index (χ1n) is 4.12. The Labute approximate surface area is 88.1 Å². The highest BCUT2D eigenvalue weighted by Crippen LogP contribution is 2.18. The van der Waals surface area contributed by atoms with E-state index in [1.165, 1.54) is 0 Å². The molecule has 15 heavy (non-hydrogen) atoms. The summed E-state index contributed by atoms with van der Waals surface area (Å²) in [5.74, 6) is 0. The molecule has 0 aliphatic rings. The van der Waals surface area contributed by atoms with Crippen molar-refractivity contribution in [2.75, 3.05) is 0 Å². The SMILES string of the molecule is Cc1ccc([S@](=O)/C=C\C(F)(F)F)cc1. The van der Waals surface area contributed by atoms with Crippen molar-refractivity contribution in [2.24, 2.45) is 0 Å². The third-order valence-corrected chi connectivity index (χ3v) is 2.75. The van der Waals surface area contributed by atoms with E-state index in [1.807, 2.05) is 6.92 Å². The Hall–Kier alpha value is -1.10. The van der Waals surface area contributed by atoms with E-state index in [9.17, 15) is 17.4 Å². The van der Waals surface area contributed by atoms with Gasteiger partial charge in [-0.05, 0) is 19.1 Å². The summed E-state index contributed by atoms with van der Waals surface area (Å²) in [6, 6.07) is 6.50. The Morgan fingerprint density at radius 3 is 2.20 bits per heavy atom. The van der Waals surface area contributed by atoms with Gasteiger partial charge in [-0.1, -0.05) is 17.7 Å². The van der Waals surface area contributed by atoms with Crippen molar-refractivity contribution in [3.63, 3.8) is 0 Å². The lowest BCUT2D eigenvalue weighted by molar-refractivity contribution is -0.0796. The van der Waals surface area contributed by atoms with E-state index >= 15 is 0 Å². The predicted octanol–water partition coefficient (Wildman–Crippen LogP) is 3.18. The molecule has 1 atom stereocenters. The average molecular weight is 234 g/mol. The van der Waals surface area contributed by atoms with Crippen LogP contribution in [-0.2, 0) is 10.8 Å². The molecule has 0 unspecified atom stereocenters. The van der Waals surface area contributed by atoms with Gasteiger partial charge in [0.05, 0.1) is 10.8 Å². The molecule has 5 heteroatoms. The maximum absolute atomic E-state index is 11.8. The van der Waals surface area contributed by atoms with Gasteiger partial charge in [-0.25, -0.2) is 4.21 Å². The topological polar surface area (TPSA) is 17.1 Å². The van der Waals surface area contributed by atoms with Crippen LogP contribution in [0, 0.1) is 6.92 Å². The molecule has 0 aliphatic carbocycles. The minimum Gasteiger partial charge on any atom is -0.250 e. The summed E-state index contributed by atoms with van der Waals surface area (Å²) in [7, 11) is -1.74. The van der Waals surface area contributed by atoms with Gasteiger partial charge in [-0.2, -0.15) is 13.2 Å². The fourth-order valence-corrected chi connectivity index (χ4v) is 1.73. The Balaban J connectivity index is 2.78. The molecule has 0 heterocycles. The predicted molar refractivity (Wildman–Crippen MR) is 52.8 cm³/mol. The number of hydrogen-bond donors (Lipinski definition) is 0. The van der Waals surface area contributed by atoms with Crippen LogP contribution >= 0.6 is 0 Å². The largest absolute Gasteiger partial charge is 0.410 e. The van der Waals surface area contributed by atoms with Gasteiger partial charge in [-0.15, -0.1) is 0 Å². The zero-order valence-corrected chi connectivity index (χ0v) is 8.73. The third kappa shape index (κ3) is 4.29. The van der Waals surface area contributed by atoms with Crippen LogP contribution in [0.4, 0.5) is 13.2 Å². The highest BCUT2D eigenvalue weighted by atomic mass is 32.2. The molecule has 0 amide bonds. The van der Waals surface area contributed by atoms with Crippen LogP contribution in [-0.4, -0.2) is 10.4 Å². The van der Waals surface area contributed by atoms with Crippen LogP contribution < -0.4 is 0 Å². The lowest BCUT2D eigenvalue weighted by atomic mass is 10.2. The number of aryl methyl sites for hydroxylation is 1. The molecular weight excluding hydrogens is 225 g/mol. The minimum atomic E-state index is -4.42. The maximum atomic E-state index is 11.8. The van der Waals surface area contributed by atoms with Crippen LogP contribution in [0.3, 0.4) is 0 Å². The van der Waals surface area contributed by atoms with E-state index in [-0.39, 0.29) is 6.08 Å². The van der Waals surface area contributed by atoms with Gasteiger partial charge in [0, 0.05) is 16.4 Å². The maximum Gasteiger partial charge on any atom is 0.410 e. The van der Waals surface area contributed by atoms with Gasteiger partial charge < -0.3 is 0 Å². The molecular formula is C10H9F3OS. The molecule has 1 rings (SSSR count). The van der Waals surface area contributed by atoms with Crippen molar-refractivity contribution in [3.05, 3.63) is 41.3 Å². The van der Waals surface area contributed by atoms with Gasteiger partial charge in [0.2, 0.25) is 0 Å². The monoisotopic (exact) mass is 234 g/mol.